The van der Waals surface area contributed by atoms with Crippen LogP contribution in [0.25, 0.3) is 0 Å². The number of ether oxygens (including phenoxy) is 8. The first kappa shape index (κ1) is 26.9. The van der Waals surface area contributed by atoms with Gasteiger partial charge < -0.3 is 37.9 Å². The van der Waals surface area contributed by atoms with Gasteiger partial charge in [-0.2, -0.15) is 0 Å². The lowest BCUT2D eigenvalue weighted by Gasteiger charge is -2.05. The SMILES string of the molecule is CCOCCOCCOCCOC.COCCOCCOCCOC. The van der Waals surface area contributed by atoms with E-state index in [2.05, 4.69) is 0 Å². The molecule has 0 atom stereocenters. The lowest BCUT2D eigenvalue weighted by molar-refractivity contribution is 0.00534. The predicted octanol–water partition coefficient (Wildman–Crippen LogP) is 1.01. The van der Waals surface area contributed by atoms with Crippen LogP contribution in [-0.4, -0.2) is 107 Å². The number of rotatable bonds is 19. The Morgan fingerprint density at radius 1 is 0.360 bits per heavy atom. The van der Waals surface area contributed by atoms with E-state index in [1.807, 2.05) is 6.92 Å². The van der Waals surface area contributed by atoms with Gasteiger partial charge in [0, 0.05) is 27.9 Å². The summed E-state index contributed by atoms with van der Waals surface area (Å²) in [5, 5.41) is 0. The summed E-state index contributed by atoms with van der Waals surface area (Å²) >= 11 is 0. The van der Waals surface area contributed by atoms with Crippen molar-refractivity contribution in [3.05, 3.63) is 0 Å². The van der Waals surface area contributed by atoms with Crippen molar-refractivity contribution in [2.45, 2.75) is 6.92 Å². The number of hydrogen-bond donors (Lipinski definition) is 0. The Morgan fingerprint density at radius 3 is 0.840 bits per heavy atom. The van der Waals surface area contributed by atoms with Crippen LogP contribution in [0, 0.1) is 0 Å². The molecule has 0 heterocycles. The lowest BCUT2D eigenvalue weighted by Crippen LogP contribution is -2.11. The van der Waals surface area contributed by atoms with Crippen molar-refractivity contribution in [3.63, 3.8) is 0 Å². The summed E-state index contributed by atoms with van der Waals surface area (Å²) in [6.45, 7) is 10.3. The first-order valence-corrected chi connectivity index (χ1v) is 8.68. The third kappa shape index (κ3) is 31.9. The second-order valence-corrected chi connectivity index (χ2v) is 4.62. The molecule has 0 aliphatic heterocycles. The Balaban J connectivity index is 0. The van der Waals surface area contributed by atoms with Gasteiger partial charge in [-0.1, -0.05) is 0 Å². The second-order valence-electron chi connectivity index (χ2n) is 4.62. The van der Waals surface area contributed by atoms with Crippen LogP contribution in [0.2, 0.25) is 0 Å². The monoisotopic (exact) mass is 370 g/mol. The van der Waals surface area contributed by atoms with E-state index in [0.717, 1.165) is 6.61 Å². The molecule has 154 valence electrons. The zero-order chi connectivity index (χ0) is 18.8. The Kier molecular flexibility index (Phi) is 30.7. The van der Waals surface area contributed by atoms with Crippen LogP contribution < -0.4 is 0 Å². The van der Waals surface area contributed by atoms with E-state index in [-0.39, 0.29) is 0 Å². The molecule has 0 spiro atoms. The highest BCUT2D eigenvalue weighted by Crippen LogP contribution is 1.81. The largest absolute Gasteiger partial charge is 0.382 e. The van der Waals surface area contributed by atoms with Crippen molar-refractivity contribution in [2.75, 3.05) is 107 Å². The molecule has 8 heteroatoms. The number of hydrogen-bond acceptors (Lipinski definition) is 8. The molecular formula is C17H38O8. The molecule has 0 aromatic heterocycles. The van der Waals surface area contributed by atoms with Gasteiger partial charge in [0.05, 0.1) is 79.3 Å². The molecular weight excluding hydrogens is 332 g/mol. The number of methoxy groups -OCH3 is 3. The maximum absolute atomic E-state index is 5.23. The fraction of sp³-hybridized carbons (Fsp3) is 1.00. The highest BCUT2D eigenvalue weighted by atomic mass is 16.6. The van der Waals surface area contributed by atoms with E-state index in [9.17, 15) is 0 Å². The normalized spacial score (nSPS) is 10.6. The fourth-order valence-electron chi connectivity index (χ4n) is 1.33. The lowest BCUT2D eigenvalue weighted by atomic mass is 10.7. The Morgan fingerprint density at radius 2 is 0.600 bits per heavy atom. The fourth-order valence-corrected chi connectivity index (χ4v) is 1.33. The van der Waals surface area contributed by atoms with Crippen LogP contribution in [0.5, 0.6) is 0 Å². The summed E-state index contributed by atoms with van der Waals surface area (Å²) in [5.41, 5.74) is 0. The van der Waals surface area contributed by atoms with Gasteiger partial charge in [0.15, 0.2) is 0 Å². The van der Waals surface area contributed by atoms with Gasteiger partial charge in [-0.15, -0.1) is 0 Å². The molecule has 0 fully saturated rings. The minimum atomic E-state index is 0.618. The Bertz CT molecular complexity index is 187. The van der Waals surface area contributed by atoms with Crippen LogP contribution in [0.4, 0.5) is 0 Å². The van der Waals surface area contributed by atoms with Crippen molar-refractivity contribution in [3.8, 4) is 0 Å². The molecule has 0 N–H and O–H groups in total. The zero-order valence-electron chi connectivity index (χ0n) is 16.5. The molecule has 0 aliphatic carbocycles. The molecule has 0 bridgehead atoms. The Hall–Kier alpha value is -0.320. The summed E-state index contributed by atoms with van der Waals surface area (Å²) in [4.78, 5) is 0. The smallest absolute Gasteiger partial charge is 0.0701 e. The van der Waals surface area contributed by atoms with E-state index in [0.29, 0.717) is 79.3 Å². The predicted molar refractivity (Wildman–Crippen MR) is 95.4 cm³/mol. The van der Waals surface area contributed by atoms with Crippen LogP contribution in [0.3, 0.4) is 0 Å². The highest BCUT2D eigenvalue weighted by Gasteiger charge is 1.90. The summed E-state index contributed by atoms with van der Waals surface area (Å²) < 4.78 is 40.3. The first-order valence-electron chi connectivity index (χ1n) is 8.68. The summed E-state index contributed by atoms with van der Waals surface area (Å²) in [5.74, 6) is 0. The van der Waals surface area contributed by atoms with Crippen LogP contribution >= 0.6 is 0 Å². The van der Waals surface area contributed by atoms with Gasteiger partial charge in [-0.05, 0) is 6.92 Å². The van der Waals surface area contributed by atoms with Gasteiger partial charge in [0.2, 0.25) is 0 Å². The maximum Gasteiger partial charge on any atom is 0.0701 e. The van der Waals surface area contributed by atoms with Crippen LogP contribution in [0.15, 0.2) is 0 Å². The maximum atomic E-state index is 5.23. The molecule has 8 nitrogen and oxygen atoms in total. The van der Waals surface area contributed by atoms with Crippen LogP contribution in [0.1, 0.15) is 6.92 Å². The van der Waals surface area contributed by atoms with Gasteiger partial charge in [0.1, 0.15) is 0 Å². The second kappa shape index (κ2) is 28.5. The summed E-state index contributed by atoms with van der Waals surface area (Å²) in [6, 6.07) is 0. The molecule has 0 unspecified atom stereocenters. The Labute approximate surface area is 152 Å². The summed E-state index contributed by atoms with van der Waals surface area (Å²) in [6.07, 6.45) is 0. The highest BCUT2D eigenvalue weighted by molar-refractivity contribution is 4.33. The van der Waals surface area contributed by atoms with Crippen molar-refractivity contribution in [1.82, 2.24) is 0 Å². The van der Waals surface area contributed by atoms with E-state index >= 15 is 0 Å². The topological polar surface area (TPSA) is 73.8 Å². The molecule has 0 aromatic carbocycles. The molecule has 25 heavy (non-hydrogen) atoms. The zero-order valence-corrected chi connectivity index (χ0v) is 16.5. The molecule has 0 radical (unpaired) electrons. The van der Waals surface area contributed by atoms with Gasteiger partial charge >= 0.3 is 0 Å². The van der Waals surface area contributed by atoms with Crippen molar-refractivity contribution in [1.29, 1.82) is 0 Å². The van der Waals surface area contributed by atoms with E-state index in [1.54, 1.807) is 21.3 Å². The molecule has 0 aromatic rings. The van der Waals surface area contributed by atoms with Crippen molar-refractivity contribution >= 4 is 0 Å². The van der Waals surface area contributed by atoms with Crippen LogP contribution in [-0.2, 0) is 37.9 Å². The molecule has 0 rings (SSSR count). The van der Waals surface area contributed by atoms with Gasteiger partial charge in [0.25, 0.3) is 0 Å². The van der Waals surface area contributed by atoms with Crippen molar-refractivity contribution in [2.24, 2.45) is 0 Å². The first-order chi connectivity index (χ1) is 12.3. The molecule has 0 amide bonds. The van der Waals surface area contributed by atoms with E-state index in [1.165, 1.54) is 0 Å². The average Bonchev–Trinajstić information content (AvgIpc) is 2.63. The molecule has 0 saturated carbocycles. The standard InChI is InChI=1S/C9H20O4.C8H18O4/c1-3-11-6-7-13-9-8-12-5-4-10-2;1-9-3-5-11-7-8-12-6-4-10-2/h3-9H2,1-2H3;3-8H2,1-2H3. The summed E-state index contributed by atoms with van der Waals surface area (Å²) in [7, 11) is 4.96. The quantitative estimate of drug-likeness (QED) is 0.312. The van der Waals surface area contributed by atoms with E-state index in [4.69, 9.17) is 37.9 Å². The minimum Gasteiger partial charge on any atom is -0.382 e. The third-order valence-corrected chi connectivity index (χ3v) is 2.62. The van der Waals surface area contributed by atoms with Gasteiger partial charge in [-0.3, -0.25) is 0 Å². The average molecular weight is 370 g/mol. The minimum absolute atomic E-state index is 0.618. The van der Waals surface area contributed by atoms with Crippen molar-refractivity contribution < 1.29 is 37.9 Å². The van der Waals surface area contributed by atoms with E-state index < -0.39 is 0 Å². The third-order valence-electron chi connectivity index (χ3n) is 2.62. The molecule has 0 saturated heterocycles. The molecule has 0 aliphatic rings. The van der Waals surface area contributed by atoms with Gasteiger partial charge in [-0.25, -0.2) is 0 Å².